The van der Waals surface area contributed by atoms with Crippen LogP contribution < -0.4 is 20.7 Å². The van der Waals surface area contributed by atoms with E-state index in [9.17, 15) is 4.79 Å². The van der Waals surface area contributed by atoms with E-state index in [0.717, 1.165) is 31.8 Å². The number of nitrogens with one attached hydrogen (secondary N) is 3. The SMILES string of the molecule is C=CCNC(=NC)NCCc1ccc(OCC(=O)NC2CC2)cc1.I. The van der Waals surface area contributed by atoms with Gasteiger partial charge in [-0.2, -0.15) is 0 Å². The molecule has 7 heteroatoms. The van der Waals surface area contributed by atoms with Crippen molar-refractivity contribution in [1.82, 2.24) is 16.0 Å². The van der Waals surface area contributed by atoms with Gasteiger partial charge in [0.2, 0.25) is 0 Å². The number of carbonyl (C=O) groups excluding carboxylic acids is 1. The third-order valence-corrected chi connectivity index (χ3v) is 3.58. The molecule has 1 aromatic rings. The van der Waals surface area contributed by atoms with E-state index in [1.165, 1.54) is 5.56 Å². The fourth-order valence-corrected chi connectivity index (χ4v) is 2.11. The maximum absolute atomic E-state index is 11.6. The fraction of sp³-hybridized carbons (Fsp3) is 0.444. The average Bonchev–Trinajstić information content (AvgIpc) is 3.41. The number of benzene rings is 1. The lowest BCUT2D eigenvalue weighted by Crippen LogP contribution is -2.38. The smallest absolute Gasteiger partial charge is 0.258 e. The van der Waals surface area contributed by atoms with Crippen LogP contribution in [0.25, 0.3) is 0 Å². The van der Waals surface area contributed by atoms with E-state index in [1.807, 2.05) is 24.3 Å². The molecule has 0 aromatic heterocycles. The molecule has 1 saturated carbocycles. The molecular formula is C18H27IN4O2. The number of amides is 1. The van der Waals surface area contributed by atoms with Crippen LogP contribution in [0.4, 0.5) is 0 Å². The number of ether oxygens (including phenoxy) is 1. The lowest BCUT2D eigenvalue weighted by Gasteiger charge is -2.11. The summed E-state index contributed by atoms with van der Waals surface area (Å²) in [5.74, 6) is 1.42. The third kappa shape index (κ3) is 8.76. The Morgan fingerprint density at radius 1 is 1.32 bits per heavy atom. The van der Waals surface area contributed by atoms with Crippen LogP contribution >= 0.6 is 24.0 Å². The first kappa shape index (κ1) is 21.3. The lowest BCUT2D eigenvalue weighted by molar-refractivity contribution is -0.123. The van der Waals surface area contributed by atoms with Crippen molar-refractivity contribution in [3.05, 3.63) is 42.5 Å². The van der Waals surface area contributed by atoms with Crippen LogP contribution in [0.3, 0.4) is 0 Å². The van der Waals surface area contributed by atoms with Gasteiger partial charge in [0.25, 0.3) is 5.91 Å². The molecule has 138 valence electrons. The number of halogens is 1. The third-order valence-electron chi connectivity index (χ3n) is 3.58. The molecule has 0 bridgehead atoms. The Hall–Kier alpha value is -1.77. The molecule has 1 amide bonds. The van der Waals surface area contributed by atoms with Crippen molar-refractivity contribution in [2.45, 2.75) is 25.3 Å². The summed E-state index contributed by atoms with van der Waals surface area (Å²) < 4.78 is 5.49. The van der Waals surface area contributed by atoms with Crippen LogP contribution in [0, 0.1) is 0 Å². The minimum absolute atomic E-state index is 0. The van der Waals surface area contributed by atoms with Gasteiger partial charge in [-0.15, -0.1) is 30.6 Å². The summed E-state index contributed by atoms with van der Waals surface area (Å²) in [6.07, 6.45) is 4.83. The second-order valence-electron chi connectivity index (χ2n) is 5.69. The second-order valence-corrected chi connectivity index (χ2v) is 5.69. The molecule has 0 radical (unpaired) electrons. The highest BCUT2D eigenvalue weighted by molar-refractivity contribution is 14.0. The second kappa shape index (κ2) is 11.7. The maximum atomic E-state index is 11.6. The standard InChI is InChI=1S/C18H26N4O2.HI/c1-3-11-20-18(19-2)21-12-10-14-4-8-16(9-5-14)24-13-17(23)22-15-6-7-15;/h3-5,8-9,15H,1,6-7,10-13H2,2H3,(H,22,23)(H2,19,20,21);1H. The van der Waals surface area contributed by atoms with Gasteiger partial charge in [-0.3, -0.25) is 9.79 Å². The minimum Gasteiger partial charge on any atom is -0.484 e. The number of guanidine groups is 1. The van der Waals surface area contributed by atoms with Crippen molar-refractivity contribution < 1.29 is 9.53 Å². The van der Waals surface area contributed by atoms with Crippen molar-refractivity contribution >= 4 is 35.8 Å². The summed E-state index contributed by atoms with van der Waals surface area (Å²) in [6, 6.07) is 8.18. The lowest BCUT2D eigenvalue weighted by atomic mass is 10.1. The van der Waals surface area contributed by atoms with Crippen LogP contribution in [0.5, 0.6) is 5.75 Å². The van der Waals surface area contributed by atoms with Gasteiger partial charge in [-0.25, -0.2) is 0 Å². The van der Waals surface area contributed by atoms with Crippen LogP contribution in [0.2, 0.25) is 0 Å². The number of carbonyl (C=O) groups is 1. The molecule has 1 aromatic carbocycles. The first-order valence-electron chi connectivity index (χ1n) is 8.27. The molecular weight excluding hydrogens is 431 g/mol. The minimum atomic E-state index is -0.0517. The van der Waals surface area contributed by atoms with Gasteiger partial charge in [0.1, 0.15) is 5.75 Å². The van der Waals surface area contributed by atoms with Crippen LogP contribution in [0.1, 0.15) is 18.4 Å². The highest BCUT2D eigenvalue weighted by atomic mass is 127. The molecule has 25 heavy (non-hydrogen) atoms. The van der Waals surface area contributed by atoms with Gasteiger partial charge in [0.15, 0.2) is 12.6 Å². The van der Waals surface area contributed by atoms with Crippen molar-refractivity contribution in [3.63, 3.8) is 0 Å². The largest absolute Gasteiger partial charge is 0.484 e. The fourth-order valence-electron chi connectivity index (χ4n) is 2.11. The zero-order chi connectivity index (χ0) is 17.2. The van der Waals surface area contributed by atoms with E-state index in [4.69, 9.17) is 4.74 Å². The molecule has 0 spiro atoms. The predicted octanol–water partition coefficient (Wildman–Crippen LogP) is 1.86. The molecule has 1 fully saturated rings. The first-order valence-corrected chi connectivity index (χ1v) is 8.27. The molecule has 6 nitrogen and oxygen atoms in total. The van der Waals surface area contributed by atoms with Gasteiger partial charge < -0.3 is 20.7 Å². The van der Waals surface area contributed by atoms with Crippen LogP contribution in [-0.2, 0) is 11.2 Å². The van der Waals surface area contributed by atoms with Gasteiger partial charge >= 0.3 is 0 Å². The van der Waals surface area contributed by atoms with E-state index >= 15 is 0 Å². The Morgan fingerprint density at radius 3 is 2.64 bits per heavy atom. The summed E-state index contributed by atoms with van der Waals surface area (Å²) in [4.78, 5) is 15.7. The summed E-state index contributed by atoms with van der Waals surface area (Å²) in [5.41, 5.74) is 1.19. The Balaban J connectivity index is 0.00000312. The highest BCUT2D eigenvalue weighted by Crippen LogP contribution is 2.18. The highest BCUT2D eigenvalue weighted by Gasteiger charge is 2.23. The average molecular weight is 458 g/mol. The molecule has 0 heterocycles. The Morgan fingerprint density at radius 2 is 2.04 bits per heavy atom. The molecule has 1 aliphatic rings. The van der Waals surface area contributed by atoms with E-state index in [2.05, 4.69) is 27.5 Å². The van der Waals surface area contributed by atoms with E-state index < -0.39 is 0 Å². The van der Waals surface area contributed by atoms with Crippen molar-refractivity contribution in [2.24, 2.45) is 4.99 Å². The number of aliphatic imine (C=N–C) groups is 1. The van der Waals surface area contributed by atoms with E-state index in [-0.39, 0.29) is 36.5 Å². The molecule has 0 aliphatic heterocycles. The van der Waals surface area contributed by atoms with Crippen molar-refractivity contribution in [3.8, 4) is 5.75 Å². The number of rotatable bonds is 9. The molecule has 0 unspecified atom stereocenters. The Kier molecular flexibility index (Phi) is 9.98. The number of nitrogens with zero attached hydrogens (tertiary/aromatic N) is 1. The number of hydrogen-bond donors (Lipinski definition) is 3. The molecule has 2 rings (SSSR count). The maximum Gasteiger partial charge on any atom is 0.258 e. The normalized spacial score (nSPS) is 13.4. The summed E-state index contributed by atoms with van der Waals surface area (Å²) in [5, 5.41) is 9.26. The summed E-state index contributed by atoms with van der Waals surface area (Å²) in [7, 11) is 1.74. The first-order chi connectivity index (χ1) is 11.7. The topological polar surface area (TPSA) is 74.8 Å². The zero-order valence-corrected chi connectivity index (χ0v) is 16.9. The molecule has 0 saturated heterocycles. The van der Waals surface area contributed by atoms with Crippen LogP contribution in [0.15, 0.2) is 41.9 Å². The number of hydrogen-bond acceptors (Lipinski definition) is 3. The molecule has 0 atom stereocenters. The van der Waals surface area contributed by atoms with E-state index in [1.54, 1.807) is 13.1 Å². The monoisotopic (exact) mass is 458 g/mol. The zero-order valence-electron chi connectivity index (χ0n) is 14.6. The van der Waals surface area contributed by atoms with Crippen molar-refractivity contribution in [1.29, 1.82) is 0 Å². The predicted molar refractivity (Wildman–Crippen MR) is 112 cm³/mol. The summed E-state index contributed by atoms with van der Waals surface area (Å²) in [6.45, 7) is 5.20. The van der Waals surface area contributed by atoms with Crippen molar-refractivity contribution in [2.75, 3.05) is 26.7 Å². The molecule has 3 N–H and O–H groups in total. The van der Waals surface area contributed by atoms with Gasteiger partial charge in [0, 0.05) is 26.2 Å². The van der Waals surface area contributed by atoms with Gasteiger partial charge in [0.05, 0.1) is 0 Å². The van der Waals surface area contributed by atoms with Gasteiger partial charge in [-0.1, -0.05) is 18.2 Å². The Labute approximate surface area is 166 Å². The quantitative estimate of drug-likeness (QED) is 0.229. The van der Waals surface area contributed by atoms with Crippen LogP contribution in [-0.4, -0.2) is 44.7 Å². The molecule has 1 aliphatic carbocycles. The van der Waals surface area contributed by atoms with E-state index in [0.29, 0.717) is 18.3 Å². The van der Waals surface area contributed by atoms with Gasteiger partial charge in [-0.05, 0) is 37.0 Å². The Bertz CT molecular complexity index is 571. The summed E-state index contributed by atoms with van der Waals surface area (Å²) >= 11 is 0.